The van der Waals surface area contributed by atoms with E-state index in [2.05, 4.69) is 11.9 Å². The second-order valence-corrected chi connectivity index (χ2v) is 4.38. The van der Waals surface area contributed by atoms with E-state index < -0.39 is 0 Å². The van der Waals surface area contributed by atoms with Crippen LogP contribution in [0.25, 0.3) is 11.1 Å². The number of pyridine rings is 1. The molecule has 0 aliphatic rings. The first-order chi connectivity index (χ1) is 7.70. The molecule has 1 aromatic carbocycles. The molecule has 16 heavy (non-hydrogen) atoms. The molecule has 0 unspecified atom stereocenters. The minimum Gasteiger partial charge on any atom is -0.264 e. The molecule has 0 spiro atoms. The molecule has 0 saturated carbocycles. The lowest BCUT2D eigenvalue weighted by atomic mass is 10.0. The summed E-state index contributed by atoms with van der Waals surface area (Å²) in [6, 6.07) is 7.88. The molecule has 1 nitrogen and oxygen atoms in total. The molecule has 0 N–H and O–H groups in total. The van der Waals surface area contributed by atoms with E-state index in [9.17, 15) is 0 Å². The normalized spacial score (nSPS) is 10.4. The van der Waals surface area contributed by atoms with Gasteiger partial charge in [-0.1, -0.05) is 17.7 Å². The molecule has 0 atom stereocenters. The van der Waals surface area contributed by atoms with E-state index in [-0.39, 0.29) is 0 Å². The smallest absolute Gasteiger partial charge is 0.0489 e. The number of hydrogen-bond donors (Lipinski definition) is 0. The van der Waals surface area contributed by atoms with Gasteiger partial charge in [-0.3, -0.25) is 4.98 Å². The summed E-state index contributed by atoms with van der Waals surface area (Å²) < 4.78 is 0. The monoisotopic (exact) mass is 251 g/mol. The van der Waals surface area contributed by atoms with E-state index in [1.165, 1.54) is 5.56 Å². The van der Waals surface area contributed by atoms with Crippen LogP contribution in [0.4, 0.5) is 0 Å². The fraction of sp³-hybridized carbons (Fsp3) is 0.154. The van der Waals surface area contributed by atoms with Crippen LogP contribution >= 0.6 is 23.2 Å². The topological polar surface area (TPSA) is 12.9 Å². The number of nitrogens with zero attached hydrogens (tertiary/aromatic N) is 1. The number of hydrogen-bond acceptors (Lipinski definition) is 1. The van der Waals surface area contributed by atoms with Crippen LogP contribution in [0.15, 0.2) is 36.7 Å². The zero-order valence-electron chi connectivity index (χ0n) is 8.87. The van der Waals surface area contributed by atoms with Crippen LogP contribution in [0, 0.1) is 6.92 Å². The minimum atomic E-state index is 0.473. The highest BCUT2D eigenvalue weighted by Crippen LogP contribution is 2.26. The summed E-state index contributed by atoms with van der Waals surface area (Å²) >= 11 is 11.8. The Morgan fingerprint density at radius 1 is 1.19 bits per heavy atom. The van der Waals surface area contributed by atoms with E-state index in [4.69, 9.17) is 23.2 Å². The summed E-state index contributed by atoms with van der Waals surface area (Å²) in [5.74, 6) is 0.473. The minimum absolute atomic E-state index is 0.473. The van der Waals surface area contributed by atoms with Crippen molar-refractivity contribution in [2.45, 2.75) is 12.8 Å². The van der Waals surface area contributed by atoms with Crippen LogP contribution < -0.4 is 0 Å². The predicted octanol–water partition coefficient (Wildman–Crippen LogP) is 4.45. The van der Waals surface area contributed by atoms with Crippen molar-refractivity contribution < 1.29 is 0 Å². The summed E-state index contributed by atoms with van der Waals surface area (Å²) in [5.41, 5.74) is 4.35. The highest BCUT2D eigenvalue weighted by molar-refractivity contribution is 6.30. The van der Waals surface area contributed by atoms with Gasteiger partial charge >= 0.3 is 0 Å². The van der Waals surface area contributed by atoms with Gasteiger partial charge in [-0.05, 0) is 41.8 Å². The van der Waals surface area contributed by atoms with Gasteiger partial charge in [0.25, 0.3) is 0 Å². The van der Waals surface area contributed by atoms with Gasteiger partial charge in [0, 0.05) is 28.9 Å². The van der Waals surface area contributed by atoms with E-state index in [0.29, 0.717) is 5.88 Å². The molecule has 0 saturated heterocycles. The van der Waals surface area contributed by atoms with Gasteiger partial charge in [-0.25, -0.2) is 0 Å². The molecule has 0 aliphatic heterocycles. The van der Waals surface area contributed by atoms with Gasteiger partial charge in [0.15, 0.2) is 0 Å². The van der Waals surface area contributed by atoms with Crippen molar-refractivity contribution in [3.05, 3.63) is 52.8 Å². The zero-order valence-corrected chi connectivity index (χ0v) is 10.4. The molecule has 2 rings (SSSR count). The maximum Gasteiger partial charge on any atom is 0.0489 e. The Bertz CT molecular complexity index is 509. The summed E-state index contributed by atoms with van der Waals surface area (Å²) in [6.45, 7) is 2.05. The van der Waals surface area contributed by atoms with Crippen molar-refractivity contribution in [1.82, 2.24) is 4.98 Å². The van der Waals surface area contributed by atoms with E-state index >= 15 is 0 Å². The first-order valence-electron chi connectivity index (χ1n) is 4.97. The van der Waals surface area contributed by atoms with E-state index in [1.807, 2.05) is 30.5 Å². The van der Waals surface area contributed by atoms with Gasteiger partial charge in [-0.2, -0.15) is 0 Å². The summed E-state index contributed by atoms with van der Waals surface area (Å²) in [6.07, 6.45) is 3.60. The fourth-order valence-corrected chi connectivity index (χ4v) is 1.93. The third kappa shape index (κ3) is 2.37. The molecule has 0 bridgehead atoms. The lowest BCUT2D eigenvalue weighted by Crippen LogP contribution is -1.87. The van der Waals surface area contributed by atoms with Crippen LogP contribution in [0.3, 0.4) is 0 Å². The van der Waals surface area contributed by atoms with Crippen molar-refractivity contribution in [2.24, 2.45) is 0 Å². The third-order valence-electron chi connectivity index (χ3n) is 2.46. The Hall–Kier alpha value is -1.05. The van der Waals surface area contributed by atoms with E-state index in [0.717, 1.165) is 21.7 Å². The highest BCUT2D eigenvalue weighted by Gasteiger charge is 2.04. The summed E-state index contributed by atoms with van der Waals surface area (Å²) in [5, 5.41) is 0.733. The van der Waals surface area contributed by atoms with E-state index in [1.54, 1.807) is 6.20 Å². The number of halogens is 2. The average Bonchev–Trinajstić information content (AvgIpc) is 2.32. The van der Waals surface area contributed by atoms with Gasteiger partial charge in [0.2, 0.25) is 0 Å². The number of rotatable bonds is 2. The molecular weight excluding hydrogens is 241 g/mol. The second-order valence-electron chi connectivity index (χ2n) is 3.67. The van der Waals surface area contributed by atoms with Crippen molar-refractivity contribution >= 4 is 23.2 Å². The zero-order chi connectivity index (χ0) is 11.5. The Balaban J connectivity index is 2.53. The van der Waals surface area contributed by atoms with Crippen LogP contribution in [-0.2, 0) is 5.88 Å². The molecule has 1 heterocycles. The molecule has 0 aliphatic carbocycles. The Labute approximate surface area is 105 Å². The number of alkyl halides is 1. The second kappa shape index (κ2) is 4.86. The highest BCUT2D eigenvalue weighted by atomic mass is 35.5. The molecule has 2 aromatic rings. The van der Waals surface area contributed by atoms with Gasteiger partial charge in [0.05, 0.1) is 0 Å². The van der Waals surface area contributed by atoms with Crippen LogP contribution in [-0.4, -0.2) is 4.98 Å². The molecule has 0 fully saturated rings. The van der Waals surface area contributed by atoms with Crippen LogP contribution in [0.5, 0.6) is 0 Å². The molecular formula is C13H11Cl2N. The SMILES string of the molecule is Cc1ccc(Cl)cc1-c1cncc(CCl)c1. The first kappa shape index (κ1) is 11.4. The quantitative estimate of drug-likeness (QED) is 0.719. The summed E-state index contributed by atoms with van der Waals surface area (Å²) in [4.78, 5) is 4.18. The molecule has 3 heteroatoms. The number of benzene rings is 1. The Morgan fingerprint density at radius 2 is 2.00 bits per heavy atom. The molecule has 0 amide bonds. The average molecular weight is 252 g/mol. The van der Waals surface area contributed by atoms with Crippen LogP contribution in [0.1, 0.15) is 11.1 Å². The van der Waals surface area contributed by atoms with Gasteiger partial charge in [0.1, 0.15) is 0 Å². The Kier molecular flexibility index (Phi) is 3.47. The largest absolute Gasteiger partial charge is 0.264 e. The maximum atomic E-state index is 5.99. The standard InChI is InChI=1S/C13H11Cl2N/c1-9-2-3-12(15)5-13(9)11-4-10(6-14)7-16-8-11/h2-5,7-8H,6H2,1H3. The van der Waals surface area contributed by atoms with Crippen molar-refractivity contribution in [2.75, 3.05) is 0 Å². The molecule has 0 radical (unpaired) electrons. The lowest BCUT2D eigenvalue weighted by molar-refractivity contribution is 1.24. The number of aryl methyl sites for hydroxylation is 1. The lowest BCUT2D eigenvalue weighted by Gasteiger charge is -2.07. The molecule has 1 aromatic heterocycles. The summed E-state index contributed by atoms with van der Waals surface area (Å²) in [7, 11) is 0. The fourth-order valence-electron chi connectivity index (χ4n) is 1.61. The van der Waals surface area contributed by atoms with Crippen molar-refractivity contribution in [1.29, 1.82) is 0 Å². The molecule has 82 valence electrons. The van der Waals surface area contributed by atoms with Crippen LogP contribution in [0.2, 0.25) is 5.02 Å². The maximum absolute atomic E-state index is 5.99. The number of aromatic nitrogens is 1. The third-order valence-corrected chi connectivity index (χ3v) is 3.00. The Morgan fingerprint density at radius 3 is 2.75 bits per heavy atom. The first-order valence-corrected chi connectivity index (χ1v) is 5.88. The van der Waals surface area contributed by atoms with Crippen molar-refractivity contribution in [3.8, 4) is 11.1 Å². The predicted molar refractivity (Wildman–Crippen MR) is 69.0 cm³/mol. The van der Waals surface area contributed by atoms with Gasteiger partial charge < -0.3 is 0 Å². The van der Waals surface area contributed by atoms with Crippen molar-refractivity contribution in [3.63, 3.8) is 0 Å². The van der Waals surface area contributed by atoms with Gasteiger partial charge in [-0.15, -0.1) is 11.6 Å².